The van der Waals surface area contributed by atoms with E-state index in [1.54, 1.807) is 13.0 Å². The lowest BCUT2D eigenvalue weighted by atomic mass is 9.85. The molecule has 0 aliphatic carbocycles. The minimum atomic E-state index is -4.86. The van der Waals surface area contributed by atoms with Gasteiger partial charge in [-0.3, -0.25) is 4.79 Å². The van der Waals surface area contributed by atoms with Crippen molar-refractivity contribution >= 4 is 22.9 Å². The van der Waals surface area contributed by atoms with Crippen LogP contribution in [0.3, 0.4) is 0 Å². The lowest BCUT2D eigenvalue weighted by Crippen LogP contribution is -2.26. The van der Waals surface area contributed by atoms with E-state index in [1.807, 2.05) is 0 Å². The van der Waals surface area contributed by atoms with E-state index >= 15 is 0 Å². The first-order chi connectivity index (χ1) is 14.8. The Labute approximate surface area is 172 Å². The van der Waals surface area contributed by atoms with Crippen molar-refractivity contribution < 1.29 is 22.7 Å². The molecule has 1 amide bonds. The number of hydrogen-bond donors (Lipinski definition) is 2. The Morgan fingerprint density at radius 2 is 2.00 bits per heavy atom. The van der Waals surface area contributed by atoms with Crippen LogP contribution in [-0.4, -0.2) is 42.0 Å². The molecule has 4 heterocycles. The topological polar surface area (TPSA) is 111 Å². The summed E-state index contributed by atoms with van der Waals surface area (Å²) in [6.45, 7) is 1.72. The largest absolute Gasteiger partial charge is 0.573 e. The van der Waals surface area contributed by atoms with Gasteiger partial charge in [0.2, 0.25) is 5.91 Å². The Kier molecular flexibility index (Phi) is 4.17. The molecule has 1 aliphatic rings. The highest BCUT2D eigenvalue weighted by atomic mass is 19.4. The number of amides is 1. The van der Waals surface area contributed by atoms with E-state index in [0.717, 1.165) is 0 Å². The van der Waals surface area contributed by atoms with E-state index < -0.39 is 12.3 Å². The molecule has 4 aromatic rings. The Bertz CT molecular complexity index is 1310. The number of aryl methyl sites for hydroxylation is 1. The molecule has 9 nitrogen and oxygen atoms in total. The number of para-hydroxylation sites is 1. The molecule has 5 rings (SSSR count). The van der Waals surface area contributed by atoms with Gasteiger partial charge in [-0.25, -0.2) is 15.0 Å². The molecule has 0 fully saturated rings. The summed E-state index contributed by atoms with van der Waals surface area (Å²) in [7, 11) is 0. The zero-order valence-electron chi connectivity index (χ0n) is 15.9. The summed E-state index contributed by atoms with van der Waals surface area (Å²) in [6.07, 6.45) is -2.14. The lowest BCUT2D eigenvalue weighted by Gasteiger charge is -2.26. The molecule has 2 N–H and O–H groups in total. The molecule has 0 radical (unpaired) electrons. The van der Waals surface area contributed by atoms with Crippen molar-refractivity contribution in [3.63, 3.8) is 0 Å². The highest BCUT2D eigenvalue weighted by Gasteiger charge is 2.37. The molecule has 3 aromatic heterocycles. The van der Waals surface area contributed by atoms with Crippen molar-refractivity contribution in [1.82, 2.24) is 29.7 Å². The fourth-order valence-corrected chi connectivity index (χ4v) is 3.86. The van der Waals surface area contributed by atoms with Crippen LogP contribution >= 0.6 is 0 Å². The van der Waals surface area contributed by atoms with Gasteiger partial charge in [0.05, 0.1) is 12.0 Å². The van der Waals surface area contributed by atoms with Crippen LogP contribution in [0.25, 0.3) is 17.0 Å². The van der Waals surface area contributed by atoms with E-state index in [2.05, 4.69) is 35.1 Å². The molecule has 0 saturated heterocycles. The van der Waals surface area contributed by atoms with E-state index in [1.165, 1.54) is 35.5 Å². The highest BCUT2D eigenvalue weighted by Crippen LogP contribution is 2.44. The number of H-pyrrole nitrogens is 1. The van der Waals surface area contributed by atoms with Crippen molar-refractivity contribution in [1.29, 1.82) is 0 Å². The number of imidazole rings is 1. The second kappa shape index (κ2) is 6.79. The monoisotopic (exact) mass is 429 g/mol. The fourth-order valence-electron chi connectivity index (χ4n) is 3.86. The molecular weight excluding hydrogens is 415 g/mol. The number of hydrogen-bond acceptors (Lipinski definition) is 6. The highest BCUT2D eigenvalue weighted by molar-refractivity contribution is 5.95. The number of aromatic nitrogens is 6. The van der Waals surface area contributed by atoms with E-state index in [4.69, 9.17) is 0 Å². The molecule has 1 aromatic carbocycles. The molecule has 0 bridgehead atoms. The van der Waals surface area contributed by atoms with E-state index in [0.29, 0.717) is 34.1 Å². The second-order valence-electron chi connectivity index (χ2n) is 6.95. The first kappa shape index (κ1) is 19.0. The molecule has 0 saturated carbocycles. The molecule has 1 atom stereocenters. The SMILES string of the molecule is Cc1nn(-c2ncnc3nc[nH]c23)c2c1[C@@H](c1ccccc1OC(F)(F)F)CC(=O)N2. The van der Waals surface area contributed by atoms with Crippen LogP contribution < -0.4 is 10.1 Å². The maximum atomic E-state index is 12.9. The van der Waals surface area contributed by atoms with Crippen LogP contribution in [-0.2, 0) is 4.79 Å². The molecule has 1 aliphatic heterocycles. The summed E-state index contributed by atoms with van der Waals surface area (Å²) < 4.78 is 44.5. The van der Waals surface area contributed by atoms with Gasteiger partial charge in [0.25, 0.3) is 0 Å². The van der Waals surface area contributed by atoms with Crippen molar-refractivity contribution in [2.45, 2.75) is 25.6 Å². The Morgan fingerprint density at radius 3 is 2.81 bits per heavy atom. The van der Waals surface area contributed by atoms with Gasteiger partial charge in [0.15, 0.2) is 11.5 Å². The van der Waals surface area contributed by atoms with Crippen LogP contribution in [0, 0.1) is 6.92 Å². The van der Waals surface area contributed by atoms with Gasteiger partial charge in [0.1, 0.15) is 23.4 Å². The van der Waals surface area contributed by atoms with Gasteiger partial charge in [0, 0.05) is 23.5 Å². The minimum absolute atomic E-state index is 0.0546. The maximum Gasteiger partial charge on any atom is 0.573 e. The number of carbonyl (C=O) groups excluding carboxylic acids is 1. The first-order valence-corrected chi connectivity index (χ1v) is 9.20. The molecule has 31 heavy (non-hydrogen) atoms. The van der Waals surface area contributed by atoms with Crippen LogP contribution in [0.15, 0.2) is 36.9 Å². The van der Waals surface area contributed by atoms with Gasteiger partial charge in [-0.05, 0) is 13.0 Å². The average Bonchev–Trinajstić information content (AvgIpc) is 3.31. The van der Waals surface area contributed by atoms with Crippen LogP contribution in [0.4, 0.5) is 19.0 Å². The summed E-state index contributed by atoms with van der Waals surface area (Å²) in [4.78, 5) is 27.9. The summed E-state index contributed by atoms with van der Waals surface area (Å²) in [6, 6.07) is 5.79. The minimum Gasteiger partial charge on any atom is -0.405 e. The zero-order valence-corrected chi connectivity index (χ0v) is 15.9. The predicted molar refractivity (Wildman–Crippen MR) is 102 cm³/mol. The fraction of sp³-hybridized carbons (Fsp3) is 0.211. The van der Waals surface area contributed by atoms with E-state index in [9.17, 15) is 18.0 Å². The third-order valence-electron chi connectivity index (χ3n) is 5.03. The van der Waals surface area contributed by atoms with Gasteiger partial charge < -0.3 is 15.0 Å². The molecular formula is C19H14F3N7O2. The number of nitrogens with zero attached hydrogens (tertiary/aromatic N) is 5. The number of nitrogens with one attached hydrogen (secondary N) is 2. The van der Waals surface area contributed by atoms with Crippen LogP contribution in [0.5, 0.6) is 5.75 Å². The van der Waals surface area contributed by atoms with Gasteiger partial charge >= 0.3 is 6.36 Å². The van der Waals surface area contributed by atoms with Crippen molar-refractivity contribution in [3.8, 4) is 11.6 Å². The number of benzene rings is 1. The van der Waals surface area contributed by atoms with Crippen LogP contribution in [0.2, 0.25) is 0 Å². The number of ether oxygens (including phenoxy) is 1. The third-order valence-corrected chi connectivity index (χ3v) is 5.03. The summed E-state index contributed by atoms with van der Waals surface area (Å²) in [5, 5.41) is 7.28. The number of rotatable bonds is 3. The molecule has 0 unspecified atom stereocenters. The Morgan fingerprint density at radius 1 is 1.19 bits per heavy atom. The Balaban J connectivity index is 1.69. The van der Waals surface area contributed by atoms with Gasteiger partial charge in [-0.15, -0.1) is 13.2 Å². The average molecular weight is 429 g/mol. The molecule has 12 heteroatoms. The number of carbonyl (C=O) groups is 1. The summed E-state index contributed by atoms with van der Waals surface area (Å²) in [5.41, 5.74) is 2.28. The van der Waals surface area contributed by atoms with Crippen molar-refractivity contribution in [2.75, 3.05) is 5.32 Å². The quantitative estimate of drug-likeness (QED) is 0.517. The van der Waals surface area contributed by atoms with Crippen LogP contribution in [0.1, 0.15) is 29.2 Å². The van der Waals surface area contributed by atoms with Crippen molar-refractivity contribution in [2.24, 2.45) is 0 Å². The van der Waals surface area contributed by atoms with Gasteiger partial charge in [-0.1, -0.05) is 18.2 Å². The van der Waals surface area contributed by atoms with E-state index in [-0.39, 0.29) is 23.6 Å². The first-order valence-electron chi connectivity index (χ1n) is 9.20. The van der Waals surface area contributed by atoms with Crippen molar-refractivity contribution in [3.05, 3.63) is 53.7 Å². The number of aromatic amines is 1. The number of halogens is 3. The zero-order chi connectivity index (χ0) is 21.8. The Hall–Kier alpha value is -3.96. The third kappa shape index (κ3) is 3.25. The smallest absolute Gasteiger partial charge is 0.405 e. The number of anilines is 1. The maximum absolute atomic E-state index is 12.9. The summed E-state index contributed by atoms with van der Waals surface area (Å²) in [5.74, 6) is -0.723. The predicted octanol–water partition coefficient (Wildman–Crippen LogP) is 3.22. The summed E-state index contributed by atoms with van der Waals surface area (Å²) >= 11 is 0. The van der Waals surface area contributed by atoms with Gasteiger partial charge in [-0.2, -0.15) is 9.78 Å². The second-order valence-corrected chi connectivity index (χ2v) is 6.95. The molecule has 158 valence electrons. The number of alkyl halides is 3. The normalized spacial score (nSPS) is 16.3. The number of fused-ring (bicyclic) bond motifs is 2. The standard InChI is InChI=1S/C19H14F3N7O2/c1-9-14-11(10-4-2-3-5-12(10)31-19(20,21)22)6-13(30)27-17(14)29(28-9)18-15-16(24-7-23-15)25-8-26-18/h2-5,7-8,11H,6H2,1H3,(H,27,30)(H,23,24,25,26)/t11-/m1/s1. The lowest BCUT2D eigenvalue weighted by molar-refractivity contribution is -0.274. The molecule has 0 spiro atoms.